The summed E-state index contributed by atoms with van der Waals surface area (Å²) in [5, 5.41) is 0.829. The van der Waals surface area contributed by atoms with Crippen LogP contribution in [-0.4, -0.2) is 36.3 Å². The Balaban J connectivity index is 1.71. The van der Waals surface area contributed by atoms with Gasteiger partial charge >= 0.3 is 5.97 Å². The van der Waals surface area contributed by atoms with Gasteiger partial charge in [-0.25, -0.2) is 4.98 Å². The molecule has 0 spiro atoms. The lowest BCUT2D eigenvalue weighted by atomic mass is 9.99. The highest BCUT2D eigenvalue weighted by Gasteiger charge is 2.20. The second kappa shape index (κ2) is 10.4. The Morgan fingerprint density at radius 3 is 2.09 bits per heavy atom. The maximum absolute atomic E-state index is 12.5. The molecule has 4 aromatic rings. The topological polar surface area (TPSA) is 62.6 Å². The van der Waals surface area contributed by atoms with Gasteiger partial charge in [0, 0.05) is 11.8 Å². The fraction of sp³-hybridized carbons (Fsp3) is 0.286. The monoisotopic (exact) mass is 490 g/mol. The van der Waals surface area contributed by atoms with Crippen LogP contribution in [-0.2, 0) is 16.1 Å². The van der Waals surface area contributed by atoms with E-state index in [0.29, 0.717) is 6.61 Å². The molecule has 0 saturated carbocycles. The number of methoxy groups -OCH3 is 2. The van der Waals surface area contributed by atoms with Gasteiger partial charge < -0.3 is 18.8 Å². The van der Waals surface area contributed by atoms with Crippen molar-refractivity contribution in [3.8, 4) is 43.9 Å². The van der Waals surface area contributed by atoms with Crippen LogP contribution in [0.1, 0.15) is 20.8 Å². The Morgan fingerprint density at radius 1 is 0.914 bits per heavy atom. The van der Waals surface area contributed by atoms with E-state index in [1.165, 1.54) is 0 Å². The van der Waals surface area contributed by atoms with Gasteiger partial charge in [-0.1, -0.05) is 20.8 Å². The molecular weight excluding hydrogens is 460 g/mol. The zero-order valence-corrected chi connectivity index (χ0v) is 21.5. The molecule has 2 aromatic carbocycles. The third-order valence-electron chi connectivity index (χ3n) is 5.36. The van der Waals surface area contributed by atoms with E-state index in [0.717, 1.165) is 43.9 Å². The zero-order chi connectivity index (χ0) is 25.0. The number of hydrogen-bond acceptors (Lipinski definition) is 6. The number of nitrogens with zero attached hydrogens (tertiary/aromatic N) is 2. The Morgan fingerprint density at radius 2 is 1.51 bits per heavy atom. The molecule has 0 amide bonds. The minimum absolute atomic E-state index is 0.0784. The van der Waals surface area contributed by atoms with Crippen molar-refractivity contribution in [1.82, 2.24) is 9.55 Å². The summed E-state index contributed by atoms with van der Waals surface area (Å²) in [6.45, 7) is 6.63. The van der Waals surface area contributed by atoms with Gasteiger partial charge in [-0.05, 0) is 71.6 Å². The summed E-state index contributed by atoms with van der Waals surface area (Å²) in [6.07, 6.45) is 1.88. The number of aromatic nitrogens is 2. The van der Waals surface area contributed by atoms with E-state index in [2.05, 4.69) is 0 Å². The molecule has 0 aliphatic rings. The molecule has 35 heavy (non-hydrogen) atoms. The van der Waals surface area contributed by atoms with Crippen molar-refractivity contribution in [3.05, 3.63) is 66.9 Å². The van der Waals surface area contributed by atoms with Gasteiger partial charge in [-0.15, -0.1) is 11.3 Å². The summed E-state index contributed by atoms with van der Waals surface area (Å²) in [5.74, 6) is 1.32. The molecule has 0 saturated heterocycles. The second-order valence-corrected chi connectivity index (χ2v) is 10.4. The summed E-state index contributed by atoms with van der Waals surface area (Å²) in [6, 6.07) is 19.7. The Kier molecular flexibility index (Phi) is 7.26. The molecule has 0 aliphatic heterocycles. The van der Waals surface area contributed by atoms with Crippen LogP contribution in [0.3, 0.4) is 0 Å². The van der Waals surface area contributed by atoms with Crippen molar-refractivity contribution in [2.24, 2.45) is 5.41 Å². The molecule has 7 heteroatoms. The van der Waals surface area contributed by atoms with Gasteiger partial charge in [0.05, 0.1) is 37.1 Å². The number of benzene rings is 2. The number of carbonyl (C=O) groups excluding carboxylic acids is 1. The molecule has 0 N–H and O–H groups in total. The summed E-state index contributed by atoms with van der Waals surface area (Å²) in [5.41, 5.74) is 3.70. The van der Waals surface area contributed by atoms with Crippen molar-refractivity contribution in [2.75, 3.05) is 20.8 Å². The number of hydrogen-bond donors (Lipinski definition) is 0. The third kappa shape index (κ3) is 5.92. The minimum atomic E-state index is -0.264. The van der Waals surface area contributed by atoms with Crippen molar-refractivity contribution >= 4 is 17.3 Å². The lowest BCUT2D eigenvalue weighted by Crippen LogP contribution is -2.21. The standard InChI is InChI=1S/C28H30N2O4S/c1-28(2,3)18-34-24(31)17-30-16-6-7-23(30)27-29-25(19-8-12-21(32-4)13-9-19)26(35-27)20-10-14-22(33-5)15-11-20/h6-16H,17-18H2,1-5H3. The van der Waals surface area contributed by atoms with E-state index < -0.39 is 0 Å². The molecule has 0 fully saturated rings. The van der Waals surface area contributed by atoms with Crippen molar-refractivity contribution in [2.45, 2.75) is 27.3 Å². The summed E-state index contributed by atoms with van der Waals surface area (Å²) in [4.78, 5) is 18.6. The van der Waals surface area contributed by atoms with Crippen LogP contribution in [0.15, 0.2) is 66.9 Å². The smallest absolute Gasteiger partial charge is 0.325 e. The lowest BCUT2D eigenvalue weighted by molar-refractivity contribution is -0.147. The Labute approximate surface area is 210 Å². The quantitative estimate of drug-likeness (QED) is 0.262. The number of esters is 1. The van der Waals surface area contributed by atoms with Crippen LogP contribution in [0, 0.1) is 5.41 Å². The highest BCUT2D eigenvalue weighted by atomic mass is 32.1. The molecule has 0 aliphatic carbocycles. The summed E-state index contributed by atoms with van der Waals surface area (Å²) >= 11 is 1.59. The number of thiazole rings is 1. The van der Waals surface area contributed by atoms with Gasteiger partial charge in [-0.2, -0.15) is 0 Å². The first-order chi connectivity index (χ1) is 16.8. The third-order valence-corrected chi connectivity index (χ3v) is 6.48. The molecule has 2 aromatic heterocycles. The van der Waals surface area contributed by atoms with Gasteiger partial charge in [0.25, 0.3) is 0 Å². The molecule has 2 heterocycles. The number of carbonyl (C=O) groups is 1. The van der Waals surface area contributed by atoms with Crippen LogP contribution in [0.5, 0.6) is 11.5 Å². The maximum atomic E-state index is 12.5. The van der Waals surface area contributed by atoms with Crippen LogP contribution in [0.25, 0.3) is 32.4 Å². The van der Waals surface area contributed by atoms with Crippen molar-refractivity contribution < 1.29 is 19.0 Å². The minimum Gasteiger partial charge on any atom is -0.497 e. The fourth-order valence-electron chi connectivity index (χ4n) is 3.54. The van der Waals surface area contributed by atoms with Crippen LogP contribution in [0.4, 0.5) is 0 Å². The fourth-order valence-corrected chi connectivity index (χ4v) is 4.67. The molecule has 0 atom stereocenters. The highest BCUT2D eigenvalue weighted by molar-refractivity contribution is 7.18. The van der Waals surface area contributed by atoms with Gasteiger partial charge in [0.1, 0.15) is 23.1 Å². The zero-order valence-electron chi connectivity index (χ0n) is 20.7. The molecule has 0 bridgehead atoms. The Bertz CT molecular complexity index is 1220. The van der Waals surface area contributed by atoms with E-state index in [9.17, 15) is 4.79 Å². The molecule has 0 unspecified atom stereocenters. The predicted octanol–water partition coefficient (Wildman–Crippen LogP) is 6.55. The molecule has 0 radical (unpaired) electrons. The van der Waals surface area contributed by atoms with Crippen LogP contribution >= 0.6 is 11.3 Å². The predicted molar refractivity (Wildman–Crippen MR) is 140 cm³/mol. The SMILES string of the molecule is COc1ccc(-c2nc(-c3cccn3CC(=O)OCC(C)(C)C)sc2-c2ccc(OC)cc2)cc1. The van der Waals surface area contributed by atoms with Crippen molar-refractivity contribution in [3.63, 3.8) is 0 Å². The normalized spacial score (nSPS) is 11.3. The molecule has 4 rings (SSSR count). The van der Waals surface area contributed by atoms with Gasteiger partial charge in [-0.3, -0.25) is 4.79 Å². The van der Waals surface area contributed by atoms with Gasteiger partial charge in [0.2, 0.25) is 0 Å². The Hall–Kier alpha value is -3.58. The summed E-state index contributed by atoms with van der Waals surface area (Å²) < 4.78 is 18.0. The molecule has 6 nitrogen and oxygen atoms in total. The van der Waals surface area contributed by atoms with E-state index in [-0.39, 0.29) is 17.9 Å². The van der Waals surface area contributed by atoms with E-state index in [1.54, 1.807) is 25.6 Å². The van der Waals surface area contributed by atoms with E-state index >= 15 is 0 Å². The number of rotatable bonds is 8. The van der Waals surface area contributed by atoms with Crippen molar-refractivity contribution in [1.29, 1.82) is 0 Å². The van der Waals surface area contributed by atoms with E-state index in [4.69, 9.17) is 19.2 Å². The first kappa shape index (κ1) is 24.5. The summed E-state index contributed by atoms with van der Waals surface area (Å²) in [7, 11) is 3.31. The molecule has 182 valence electrons. The average molecular weight is 491 g/mol. The van der Waals surface area contributed by atoms with Crippen LogP contribution in [0.2, 0.25) is 0 Å². The first-order valence-corrected chi connectivity index (χ1v) is 12.2. The lowest BCUT2D eigenvalue weighted by Gasteiger charge is -2.18. The second-order valence-electron chi connectivity index (χ2n) is 9.40. The first-order valence-electron chi connectivity index (χ1n) is 11.4. The number of ether oxygens (including phenoxy) is 3. The highest BCUT2D eigenvalue weighted by Crippen LogP contribution is 2.41. The largest absolute Gasteiger partial charge is 0.497 e. The average Bonchev–Trinajstić information content (AvgIpc) is 3.49. The van der Waals surface area contributed by atoms with Crippen LogP contribution < -0.4 is 9.47 Å². The van der Waals surface area contributed by atoms with Gasteiger partial charge in [0.15, 0.2) is 0 Å². The maximum Gasteiger partial charge on any atom is 0.325 e. The van der Waals surface area contributed by atoms with E-state index in [1.807, 2.05) is 92.2 Å². The molecular formula is C28H30N2O4S.